The van der Waals surface area contributed by atoms with Gasteiger partial charge in [-0.1, -0.05) is 0 Å². The average molecular weight is 500 g/mol. The fourth-order valence-electron chi connectivity index (χ4n) is 4.42. The second-order valence-electron chi connectivity index (χ2n) is 12.2. The molecule has 4 rings (SSSR count). The van der Waals surface area contributed by atoms with Crippen LogP contribution in [-0.2, 0) is 18.8 Å². The van der Waals surface area contributed by atoms with Crippen molar-refractivity contribution in [3.05, 3.63) is 18.2 Å². The summed E-state index contributed by atoms with van der Waals surface area (Å²) < 4.78 is 24.6. The Balaban J connectivity index is 1.53. The molecule has 2 heterocycles. The smallest absolute Gasteiger partial charge is 0.492 e. The van der Waals surface area contributed by atoms with E-state index in [4.69, 9.17) is 18.8 Å². The van der Waals surface area contributed by atoms with E-state index >= 15 is 0 Å². The minimum absolute atomic E-state index is 0.0405. The molecule has 0 bridgehead atoms. The van der Waals surface area contributed by atoms with Crippen molar-refractivity contribution in [3.8, 4) is 5.75 Å². The molecule has 8 nitrogen and oxygen atoms in total. The number of hydrogen-bond donors (Lipinski definition) is 1. The number of hydrogen-bond acceptors (Lipinski definition) is 6. The van der Waals surface area contributed by atoms with Crippen molar-refractivity contribution in [2.45, 2.75) is 103 Å². The number of ether oxygens (including phenoxy) is 2. The molecule has 0 unspecified atom stereocenters. The van der Waals surface area contributed by atoms with Gasteiger partial charge in [0.25, 0.3) is 0 Å². The van der Waals surface area contributed by atoms with Crippen molar-refractivity contribution >= 4 is 30.3 Å². The Kier molecular flexibility index (Phi) is 7.37. The van der Waals surface area contributed by atoms with Crippen molar-refractivity contribution in [1.82, 2.24) is 4.90 Å². The summed E-state index contributed by atoms with van der Waals surface area (Å²) in [6, 6.07) is 5.49. The minimum atomic E-state index is -0.643. The lowest BCUT2D eigenvalue weighted by Gasteiger charge is -2.36. The van der Waals surface area contributed by atoms with E-state index < -0.39 is 23.9 Å². The van der Waals surface area contributed by atoms with Crippen LogP contribution in [0.1, 0.15) is 80.6 Å². The molecule has 1 aliphatic carbocycles. The number of piperidine rings is 1. The average Bonchev–Trinajstić information content (AvgIpc) is 3.59. The summed E-state index contributed by atoms with van der Waals surface area (Å²) in [5, 5.41) is 3.01. The first-order chi connectivity index (χ1) is 16.8. The van der Waals surface area contributed by atoms with Gasteiger partial charge in [0.2, 0.25) is 5.91 Å². The Bertz CT molecular complexity index is 969. The molecule has 3 fully saturated rings. The van der Waals surface area contributed by atoms with Gasteiger partial charge in [0.05, 0.1) is 17.2 Å². The molecule has 1 N–H and O–H groups in total. The fourth-order valence-corrected chi connectivity index (χ4v) is 4.42. The highest BCUT2D eigenvalue weighted by molar-refractivity contribution is 6.63. The van der Waals surface area contributed by atoms with Gasteiger partial charge in [-0.3, -0.25) is 4.79 Å². The minimum Gasteiger partial charge on any atom is -0.492 e. The number of carbonyl (C=O) groups is 2. The van der Waals surface area contributed by atoms with Gasteiger partial charge in [0, 0.05) is 23.6 Å². The normalized spacial score (nSPS) is 23.4. The summed E-state index contributed by atoms with van der Waals surface area (Å²) in [4.78, 5) is 27.0. The summed E-state index contributed by atoms with van der Waals surface area (Å²) in [6.07, 6.45) is 4.40. The third kappa shape index (κ3) is 6.17. The van der Waals surface area contributed by atoms with E-state index in [-0.39, 0.29) is 24.0 Å². The molecule has 0 aromatic heterocycles. The second-order valence-corrected chi connectivity index (χ2v) is 12.2. The maximum atomic E-state index is 12.8. The second kappa shape index (κ2) is 9.90. The summed E-state index contributed by atoms with van der Waals surface area (Å²) in [5.41, 5.74) is -0.165. The molecule has 1 atom stereocenters. The van der Waals surface area contributed by atoms with E-state index in [1.165, 1.54) is 0 Å². The van der Waals surface area contributed by atoms with Crippen LogP contribution in [0.25, 0.3) is 0 Å². The van der Waals surface area contributed by atoms with E-state index in [0.29, 0.717) is 24.6 Å². The molecule has 2 saturated heterocycles. The Morgan fingerprint density at radius 1 is 1.08 bits per heavy atom. The first kappa shape index (κ1) is 26.8. The maximum absolute atomic E-state index is 12.8. The predicted molar refractivity (Wildman–Crippen MR) is 140 cm³/mol. The zero-order chi connectivity index (χ0) is 26.3. The van der Waals surface area contributed by atoms with E-state index in [2.05, 4.69) is 5.32 Å². The van der Waals surface area contributed by atoms with Crippen molar-refractivity contribution in [1.29, 1.82) is 0 Å². The van der Waals surface area contributed by atoms with Gasteiger partial charge < -0.3 is 29.0 Å². The van der Waals surface area contributed by atoms with Gasteiger partial charge >= 0.3 is 13.2 Å². The number of nitrogens with zero attached hydrogens (tertiary/aromatic N) is 1. The molecular formula is C27H41BN2O6. The number of amides is 2. The highest BCUT2D eigenvalue weighted by Gasteiger charge is 2.52. The van der Waals surface area contributed by atoms with Gasteiger partial charge in [-0.15, -0.1) is 0 Å². The summed E-state index contributed by atoms with van der Waals surface area (Å²) in [5.74, 6) is 0.762. The topological polar surface area (TPSA) is 86.3 Å². The Hall–Kier alpha value is -2.26. The monoisotopic (exact) mass is 500 g/mol. The lowest BCUT2D eigenvalue weighted by Crippen LogP contribution is -2.49. The van der Waals surface area contributed by atoms with Crippen LogP contribution in [0.5, 0.6) is 5.75 Å². The number of likely N-dealkylation sites (tertiary alicyclic amines) is 1. The molecule has 9 heteroatoms. The van der Waals surface area contributed by atoms with Gasteiger partial charge in [-0.2, -0.15) is 0 Å². The van der Waals surface area contributed by atoms with E-state index in [0.717, 1.165) is 37.6 Å². The SMILES string of the molecule is CC(C)(C)OC(=O)N1CCCC[C@H]1COc1ccc(NC(=O)C2CC2)cc1B1OC(C)(C)C(C)(C)O1. The summed E-state index contributed by atoms with van der Waals surface area (Å²) in [7, 11) is -0.643. The van der Waals surface area contributed by atoms with Gasteiger partial charge in [0.1, 0.15) is 18.0 Å². The van der Waals surface area contributed by atoms with Gasteiger partial charge in [-0.05, 0) is 98.8 Å². The van der Waals surface area contributed by atoms with Crippen LogP contribution < -0.4 is 15.5 Å². The highest BCUT2D eigenvalue weighted by atomic mass is 16.7. The molecule has 1 saturated carbocycles. The first-order valence-electron chi connectivity index (χ1n) is 13.2. The number of anilines is 1. The molecule has 198 valence electrons. The molecule has 0 spiro atoms. The van der Waals surface area contributed by atoms with Crippen LogP contribution in [0.4, 0.5) is 10.5 Å². The van der Waals surface area contributed by atoms with Crippen LogP contribution in [0.15, 0.2) is 18.2 Å². The molecule has 36 heavy (non-hydrogen) atoms. The standard InChI is InChI=1S/C27H41BN2O6/c1-25(2,3)34-24(32)30-15-9-8-10-20(30)17-33-22-14-13-19(29-23(31)18-11-12-18)16-21(22)28-35-26(4,5)27(6,7)36-28/h13-14,16,18,20H,8-12,15,17H2,1-7H3,(H,29,31)/t20-/m0/s1. The highest BCUT2D eigenvalue weighted by Crippen LogP contribution is 2.38. The third-order valence-electron chi connectivity index (χ3n) is 7.42. The zero-order valence-corrected chi connectivity index (χ0v) is 22.8. The van der Waals surface area contributed by atoms with Crippen LogP contribution in [0.3, 0.4) is 0 Å². The number of benzene rings is 1. The van der Waals surface area contributed by atoms with Crippen LogP contribution in [0.2, 0.25) is 0 Å². The Labute approximate surface area is 215 Å². The number of nitrogens with one attached hydrogen (secondary N) is 1. The largest absolute Gasteiger partial charge is 0.498 e. The Morgan fingerprint density at radius 3 is 2.36 bits per heavy atom. The first-order valence-corrected chi connectivity index (χ1v) is 13.2. The molecular weight excluding hydrogens is 459 g/mol. The van der Waals surface area contributed by atoms with E-state index in [9.17, 15) is 9.59 Å². The van der Waals surface area contributed by atoms with Crippen LogP contribution in [0, 0.1) is 5.92 Å². The van der Waals surface area contributed by atoms with Crippen molar-refractivity contribution in [2.75, 3.05) is 18.5 Å². The molecule has 1 aromatic carbocycles. The van der Waals surface area contributed by atoms with Crippen LogP contribution >= 0.6 is 0 Å². The van der Waals surface area contributed by atoms with E-state index in [1.807, 2.05) is 66.7 Å². The van der Waals surface area contributed by atoms with Crippen molar-refractivity contribution in [2.24, 2.45) is 5.92 Å². The third-order valence-corrected chi connectivity index (χ3v) is 7.42. The molecule has 0 radical (unpaired) electrons. The maximum Gasteiger partial charge on any atom is 0.498 e. The summed E-state index contributed by atoms with van der Waals surface area (Å²) in [6.45, 7) is 14.6. The number of rotatable bonds is 6. The molecule has 2 amide bonds. The fraction of sp³-hybridized carbons (Fsp3) is 0.704. The van der Waals surface area contributed by atoms with Crippen molar-refractivity contribution < 1.29 is 28.4 Å². The lowest BCUT2D eigenvalue weighted by molar-refractivity contribution is -0.117. The molecule has 3 aliphatic rings. The van der Waals surface area contributed by atoms with Crippen LogP contribution in [-0.4, -0.2) is 60.0 Å². The number of carbonyl (C=O) groups excluding carboxylic acids is 2. The van der Waals surface area contributed by atoms with Crippen molar-refractivity contribution in [3.63, 3.8) is 0 Å². The lowest BCUT2D eigenvalue weighted by atomic mass is 9.78. The Morgan fingerprint density at radius 2 is 1.75 bits per heavy atom. The predicted octanol–water partition coefficient (Wildman–Crippen LogP) is 4.50. The van der Waals surface area contributed by atoms with Gasteiger partial charge in [0.15, 0.2) is 0 Å². The van der Waals surface area contributed by atoms with Gasteiger partial charge in [-0.25, -0.2) is 4.79 Å². The summed E-state index contributed by atoms with van der Waals surface area (Å²) >= 11 is 0. The molecule has 2 aliphatic heterocycles. The molecule has 1 aromatic rings. The van der Waals surface area contributed by atoms with E-state index in [1.54, 1.807) is 4.90 Å². The zero-order valence-electron chi connectivity index (χ0n) is 22.8. The quantitative estimate of drug-likeness (QED) is 0.579.